The number of morpholine rings is 1. The molecule has 3 rings (SSSR count). The summed E-state index contributed by atoms with van der Waals surface area (Å²) in [5.41, 5.74) is 3.84. The number of allylic oxidation sites excluding steroid dienone is 1. The van der Waals surface area contributed by atoms with Crippen LogP contribution >= 0.6 is 0 Å². The molecule has 1 aliphatic rings. The second-order valence-corrected chi connectivity index (χ2v) is 6.47. The first kappa shape index (κ1) is 19.0. The predicted octanol–water partition coefficient (Wildman–Crippen LogP) is 3.19. The van der Waals surface area contributed by atoms with Gasteiger partial charge in [-0.2, -0.15) is 0 Å². The molecule has 142 valence electrons. The lowest BCUT2D eigenvalue weighted by Gasteiger charge is -2.28. The number of hydrogen-bond acceptors (Lipinski definition) is 4. The molecule has 5 heteroatoms. The van der Waals surface area contributed by atoms with Crippen LogP contribution in [-0.4, -0.2) is 39.3 Å². The number of rotatable bonds is 7. The Morgan fingerprint density at radius 2 is 1.96 bits per heavy atom. The van der Waals surface area contributed by atoms with Crippen molar-refractivity contribution in [2.45, 2.75) is 13.0 Å². The Bertz CT molecular complexity index is 781. The minimum atomic E-state index is -0.0970. The quantitative estimate of drug-likeness (QED) is 0.765. The van der Waals surface area contributed by atoms with Crippen LogP contribution in [0.4, 0.5) is 5.69 Å². The Hall–Kier alpha value is -2.79. The Kier molecular flexibility index (Phi) is 6.49. The molecule has 1 aliphatic heterocycles. The van der Waals surface area contributed by atoms with Crippen molar-refractivity contribution in [3.63, 3.8) is 0 Å². The molecule has 0 saturated carbocycles. The van der Waals surface area contributed by atoms with E-state index in [1.165, 1.54) is 5.69 Å². The normalized spacial score (nSPS) is 13.9. The molecule has 0 spiro atoms. The van der Waals surface area contributed by atoms with Crippen LogP contribution in [0.15, 0.2) is 55.1 Å². The zero-order valence-corrected chi connectivity index (χ0v) is 15.7. The van der Waals surface area contributed by atoms with Crippen molar-refractivity contribution in [2.75, 3.05) is 38.3 Å². The number of hydrogen-bond donors (Lipinski definition) is 1. The number of nitrogens with one attached hydrogen (secondary N) is 1. The average Bonchev–Trinajstić information content (AvgIpc) is 2.73. The molecule has 0 aromatic heterocycles. The molecule has 0 aliphatic carbocycles. The van der Waals surface area contributed by atoms with Gasteiger partial charge in [-0.15, -0.1) is 6.58 Å². The number of anilines is 1. The Morgan fingerprint density at radius 3 is 2.63 bits per heavy atom. The molecule has 1 heterocycles. The SMILES string of the molecule is C=CCc1cc(C(=O)NCc2ccc(N3CCOCC3)cc2)ccc1OC. The summed E-state index contributed by atoms with van der Waals surface area (Å²) >= 11 is 0. The minimum absolute atomic E-state index is 0.0970. The fourth-order valence-corrected chi connectivity index (χ4v) is 3.17. The van der Waals surface area contributed by atoms with E-state index < -0.39 is 0 Å². The zero-order chi connectivity index (χ0) is 19.1. The second kappa shape index (κ2) is 9.24. The fraction of sp³-hybridized carbons (Fsp3) is 0.318. The van der Waals surface area contributed by atoms with E-state index in [0.717, 1.165) is 43.2 Å². The van der Waals surface area contributed by atoms with Gasteiger partial charge < -0.3 is 19.7 Å². The van der Waals surface area contributed by atoms with Gasteiger partial charge in [-0.25, -0.2) is 0 Å². The molecular weight excluding hydrogens is 340 g/mol. The Balaban J connectivity index is 1.60. The van der Waals surface area contributed by atoms with E-state index in [1.54, 1.807) is 19.3 Å². The van der Waals surface area contributed by atoms with Crippen molar-refractivity contribution in [2.24, 2.45) is 0 Å². The van der Waals surface area contributed by atoms with E-state index in [1.807, 2.05) is 12.1 Å². The van der Waals surface area contributed by atoms with Gasteiger partial charge >= 0.3 is 0 Å². The van der Waals surface area contributed by atoms with Gasteiger partial charge in [-0.3, -0.25) is 4.79 Å². The minimum Gasteiger partial charge on any atom is -0.496 e. The van der Waals surface area contributed by atoms with Crippen LogP contribution in [0.5, 0.6) is 5.75 Å². The largest absolute Gasteiger partial charge is 0.496 e. The van der Waals surface area contributed by atoms with E-state index in [4.69, 9.17) is 9.47 Å². The molecule has 0 atom stereocenters. The van der Waals surface area contributed by atoms with Gasteiger partial charge in [0.05, 0.1) is 20.3 Å². The zero-order valence-electron chi connectivity index (χ0n) is 15.7. The van der Waals surface area contributed by atoms with Gasteiger partial charge in [0.15, 0.2) is 0 Å². The maximum Gasteiger partial charge on any atom is 0.251 e. The summed E-state index contributed by atoms with van der Waals surface area (Å²) in [4.78, 5) is 14.8. The third-order valence-corrected chi connectivity index (χ3v) is 4.67. The molecule has 27 heavy (non-hydrogen) atoms. The van der Waals surface area contributed by atoms with E-state index in [-0.39, 0.29) is 5.91 Å². The number of carbonyl (C=O) groups is 1. The number of carbonyl (C=O) groups excluding carboxylic acids is 1. The fourth-order valence-electron chi connectivity index (χ4n) is 3.17. The van der Waals surface area contributed by atoms with E-state index in [2.05, 4.69) is 41.1 Å². The maximum atomic E-state index is 12.5. The average molecular weight is 366 g/mol. The molecule has 2 aromatic carbocycles. The molecule has 0 bridgehead atoms. The summed E-state index contributed by atoms with van der Waals surface area (Å²) in [7, 11) is 1.63. The van der Waals surface area contributed by atoms with Gasteiger partial charge in [0.2, 0.25) is 0 Å². The van der Waals surface area contributed by atoms with Crippen molar-refractivity contribution in [1.29, 1.82) is 0 Å². The van der Waals surface area contributed by atoms with Crippen molar-refractivity contribution >= 4 is 11.6 Å². The molecule has 1 N–H and O–H groups in total. The molecule has 1 saturated heterocycles. The topological polar surface area (TPSA) is 50.8 Å². The van der Waals surface area contributed by atoms with Crippen LogP contribution in [0.2, 0.25) is 0 Å². The van der Waals surface area contributed by atoms with Crippen LogP contribution in [0.25, 0.3) is 0 Å². The van der Waals surface area contributed by atoms with Crippen molar-refractivity contribution in [3.05, 3.63) is 71.8 Å². The highest BCUT2D eigenvalue weighted by atomic mass is 16.5. The van der Waals surface area contributed by atoms with Gasteiger partial charge in [0.1, 0.15) is 5.75 Å². The Labute approximate surface area is 160 Å². The summed E-state index contributed by atoms with van der Waals surface area (Å²) < 4.78 is 10.7. The van der Waals surface area contributed by atoms with Gasteiger partial charge in [-0.05, 0) is 47.9 Å². The molecule has 1 amide bonds. The molecule has 2 aromatic rings. The van der Waals surface area contributed by atoms with Crippen molar-refractivity contribution in [1.82, 2.24) is 5.32 Å². The van der Waals surface area contributed by atoms with Crippen LogP contribution in [0.3, 0.4) is 0 Å². The van der Waals surface area contributed by atoms with Crippen molar-refractivity contribution in [3.8, 4) is 5.75 Å². The molecule has 0 unspecified atom stereocenters. The highest BCUT2D eigenvalue weighted by Gasteiger charge is 2.12. The number of ether oxygens (including phenoxy) is 2. The van der Waals surface area contributed by atoms with Gasteiger partial charge in [-0.1, -0.05) is 18.2 Å². The molecular formula is C22H26N2O3. The number of benzene rings is 2. The third-order valence-electron chi connectivity index (χ3n) is 4.67. The van der Waals surface area contributed by atoms with Crippen LogP contribution in [-0.2, 0) is 17.7 Å². The summed E-state index contributed by atoms with van der Waals surface area (Å²) in [6.07, 6.45) is 2.46. The lowest BCUT2D eigenvalue weighted by atomic mass is 10.1. The summed E-state index contributed by atoms with van der Waals surface area (Å²) in [6.45, 7) is 7.62. The van der Waals surface area contributed by atoms with E-state index >= 15 is 0 Å². The van der Waals surface area contributed by atoms with Gasteiger partial charge in [0.25, 0.3) is 5.91 Å². The predicted molar refractivity (Wildman–Crippen MR) is 108 cm³/mol. The molecule has 1 fully saturated rings. The number of amides is 1. The lowest BCUT2D eigenvalue weighted by molar-refractivity contribution is 0.0950. The maximum absolute atomic E-state index is 12.5. The first-order chi connectivity index (χ1) is 13.2. The summed E-state index contributed by atoms with van der Waals surface area (Å²) in [5, 5.41) is 2.98. The van der Waals surface area contributed by atoms with Gasteiger partial charge in [0, 0.05) is 30.9 Å². The Morgan fingerprint density at radius 1 is 1.22 bits per heavy atom. The van der Waals surface area contributed by atoms with Crippen molar-refractivity contribution < 1.29 is 14.3 Å². The highest BCUT2D eigenvalue weighted by Crippen LogP contribution is 2.21. The summed E-state index contributed by atoms with van der Waals surface area (Å²) in [6, 6.07) is 13.8. The smallest absolute Gasteiger partial charge is 0.251 e. The number of nitrogens with zero attached hydrogens (tertiary/aromatic N) is 1. The monoisotopic (exact) mass is 366 g/mol. The standard InChI is InChI=1S/C22H26N2O3/c1-3-4-18-15-19(7-10-21(18)26-2)22(25)23-16-17-5-8-20(9-6-17)24-11-13-27-14-12-24/h3,5-10,15H,1,4,11-14,16H2,2H3,(H,23,25). The molecule has 0 radical (unpaired) electrons. The van der Waals surface area contributed by atoms with E-state index in [0.29, 0.717) is 18.5 Å². The van der Waals surface area contributed by atoms with Crippen LogP contribution in [0, 0.1) is 0 Å². The third kappa shape index (κ3) is 4.89. The number of methoxy groups -OCH3 is 1. The van der Waals surface area contributed by atoms with Crippen LogP contribution < -0.4 is 15.0 Å². The summed E-state index contributed by atoms with van der Waals surface area (Å²) in [5.74, 6) is 0.672. The first-order valence-electron chi connectivity index (χ1n) is 9.19. The van der Waals surface area contributed by atoms with E-state index in [9.17, 15) is 4.79 Å². The van der Waals surface area contributed by atoms with Crippen LogP contribution in [0.1, 0.15) is 21.5 Å². The second-order valence-electron chi connectivity index (χ2n) is 6.47. The lowest BCUT2D eigenvalue weighted by Crippen LogP contribution is -2.36. The first-order valence-corrected chi connectivity index (χ1v) is 9.19. The molecule has 5 nitrogen and oxygen atoms in total. The highest BCUT2D eigenvalue weighted by molar-refractivity contribution is 5.94.